The van der Waals surface area contributed by atoms with Crippen LogP contribution in [-0.4, -0.2) is 34.7 Å². The highest BCUT2D eigenvalue weighted by molar-refractivity contribution is 7.86. The third-order valence-corrected chi connectivity index (χ3v) is 4.64. The zero-order valence-electron chi connectivity index (χ0n) is 7.77. The topological polar surface area (TPSA) is 33.2 Å². The second kappa shape index (κ2) is 3.94. The molecule has 1 unspecified atom stereocenters. The van der Waals surface area contributed by atoms with Crippen molar-refractivity contribution in [2.45, 2.75) is 16.8 Å². The lowest BCUT2D eigenvalue weighted by Crippen LogP contribution is -2.19. The van der Waals surface area contributed by atoms with Crippen LogP contribution in [0.5, 0.6) is 0 Å². The number of nitrogens with zero attached hydrogens (tertiary/aromatic N) is 2. The van der Waals surface area contributed by atoms with Crippen LogP contribution in [0.1, 0.15) is 6.42 Å². The van der Waals surface area contributed by atoms with Gasteiger partial charge in [0.05, 0.1) is 23.5 Å². The minimum Gasteiger partial charge on any atom is -0.345 e. The van der Waals surface area contributed by atoms with Gasteiger partial charge in [0, 0.05) is 12.8 Å². The highest BCUT2D eigenvalue weighted by Gasteiger charge is 2.24. The summed E-state index contributed by atoms with van der Waals surface area (Å²) >= 11 is 1.39. The van der Waals surface area contributed by atoms with E-state index in [0.717, 1.165) is 9.34 Å². The van der Waals surface area contributed by atoms with E-state index in [4.69, 9.17) is 0 Å². The molecule has 6 heteroatoms. The van der Waals surface area contributed by atoms with Gasteiger partial charge in [-0.05, 0) is 6.42 Å². The lowest BCUT2D eigenvalue weighted by molar-refractivity contribution is 0.364. The molecular weight excluding hydrogens is 223 g/mol. The molecule has 1 aliphatic heterocycles. The molecule has 1 aromatic heterocycles. The SMILES string of the molecule is CS(=O)c1cnc(N2CC[C@@H](F)C2)s1. The lowest BCUT2D eigenvalue weighted by Gasteiger charge is -2.11. The summed E-state index contributed by atoms with van der Waals surface area (Å²) in [6.45, 7) is 1.13. The predicted octanol–water partition coefficient (Wildman–Crippen LogP) is 1.43. The first-order valence-corrected chi connectivity index (χ1v) is 6.72. The summed E-state index contributed by atoms with van der Waals surface area (Å²) in [5.41, 5.74) is 0. The highest BCUT2D eigenvalue weighted by atomic mass is 32.2. The fraction of sp³-hybridized carbons (Fsp3) is 0.625. The van der Waals surface area contributed by atoms with Crippen molar-refractivity contribution in [3.05, 3.63) is 6.20 Å². The van der Waals surface area contributed by atoms with Gasteiger partial charge in [-0.2, -0.15) is 0 Å². The van der Waals surface area contributed by atoms with Gasteiger partial charge in [-0.15, -0.1) is 0 Å². The first kappa shape index (κ1) is 10.0. The number of alkyl halides is 1. The second-order valence-electron chi connectivity index (χ2n) is 3.25. The molecule has 0 saturated carbocycles. The standard InChI is InChI=1S/C8H11FN2OS2/c1-14(12)7-4-10-8(13-7)11-3-2-6(9)5-11/h4,6H,2-3,5H2,1H3/t6-,14?/m1/s1. The highest BCUT2D eigenvalue weighted by Crippen LogP contribution is 2.28. The smallest absolute Gasteiger partial charge is 0.186 e. The number of hydrogen-bond donors (Lipinski definition) is 0. The molecule has 2 rings (SSSR count). The molecular formula is C8H11FN2OS2. The van der Waals surface area contributed by atoms with E-state index in [1.54, 1.807) is 12.5 Å². The number of aromatic nitrogens is 1. The number of anilines is 1. The Hall–Kier alpha value is -0.490. The normalized spacial score (nSPS) is 24.1. The van der Waals surface area contributed by atoms with Crippen molar-refractivity contribution in [2.24, 2.45) is 0 Å². The summed E-state index contributed by atoms with van der Waals surface area (Å²) < 4.78 is 24.8. The second-order valence-corrected chi connectivity index (χ2v) is 5.86. The molecule has 0 radical (unpaired) electrons. The maximum absolute atomic E-state index is 12.9. The van der Waals surface area contributed by atoms with Crippen LogP contribution in [0.3, 0.4) is 0 Å². The maximum Gasteiger partial charge on any atom is 0.186 e. The minimum absolute atomic E-state index is 0.420. The fourth-order valence-electron chi connectivity index (χ4n) is 1.42. The van der Waals surface area contributed by atoms with E-state index in [0.29, 0.717) is 19.5 Å². The molecule has 1 saturated heterocycles. The van der Waals surface area contributed by atoms with Crippen LogP contribution >= 0.6 is 11.3 Å². The third-order valence-electron chi connectivity index (χ3n) is 2.16. The molecule has 1 fully saturated rings. The first-order chi connectivity index (χ1) is 6.66. The Bertz CT molecular complexity index is 355. The molecule has 78 valence electrons. The summed E-state index contributed by atoms with van der Waals surface area (Å²) in [4.78, 5) is 6.05. The van der Waals surface area contributed by atoms with E-state index in [1.807, 2.05) is 4.90 Å². The van der Waals surface area contributed by atoms with Gasteiger partial charge >= 0.3 is 0 Å². The molecule has 14 heavy (non-hydrogen) atoms. The van der Waals surface area contributed by atoms with Gasteiger partial charge in [0.2, 0.25) is 0 Å². The predicted molar refractivity (Wildman–Crippen MR) is 56.2 cm³/mol. The maximum atomic E-state index is 12.9. The minimum atomic E-state index is -0.981. The molecule has 3 nitrogen and oxygen atoms in total. The van der Waals surface area contributed by atoms with Crippen molar-refractivity contribution in [1.29, 1.82) is 0 Å². The Kier molecular flexibility index (Phi) is 2.83. The van der Waals surface area contributed by atoms with Crippen LogP contribution in [0.25, 0.3) is 0 Å². The van der Waals surface area contributed by atoms with Crippen molar-refractivity contribution >= 4 is 27.3 Å². The molecule has 0 spiro atoms. The molecule has 2 atom stereocenters. The van der Waals surface area contributed by atoms with Gasteiger partial charge < -0.3 is 4.90 Å². The van der Waals surface area contributed by atoms with Crippen LogP contribution in [0.4, 0.5) is 9.52 Å². The molecule has 0 bridgehead atoms. The van der Waals surface area contributed by atoms with Crippen LogP contribution in [0, 0.1) is 0 Å². The largest absolute Gasteiger partial charge is 0.345 e. The van der Waals surface area contributed by atoms with E-state index >= 15 is 0 Å². The van der Waals surface area contributed by atoms with Gasteiger partial charge in [0.1, 0.15) is 10.4 Å². The lowest BCUT2D eigenvalue weighted by atomic mass is 10.3. The molecule has 0 N–H and O–H groups in total. The van der Waals surface area contributed by atoms with Crippen LogP contribution in [0.2, 0.25) is 0 Å². The average molecular weight is 234 g/mol. The van der Waals surface area contributed by atoms with Gasteiger partial charge in [-0.1, -0.05) is 11.3 Å². The Morgan fingerprint density at radius 1 is 1.79 bits per heavy atom. The van der Waals surface area contributed by atoms with Crippen LogP contribution in [0.15, 0.2) is 10.4 Å². The summed E-state index contributed by atoms with van der Waals surface area (Å²) in [5.74, 6) is 0. The number of halogens is 1. The van der Waals surface area contributed by atoms with Crippen LogP contribution < -0.4 is 4.90 Å². The van der Waals surface area contributed by atoms with E-state index in [2.05, 4.69) is 4.98 Å². The van der Waals surface area contributed by atoms with E-state index in [9.17, 15) is 8.60 Å². The first-order valence-electron chi connectivity index (χ1n) is 4.35. The molecule has 0 aromatic carbocycles. The zero-order valence-corrected chi connectivity index (χ0v) is 9.41. The van der Waals surface area contributed by atoms with Gasteiger partial charge in [-0.25, -0.2) is 9.37 Å². The average Bonchev–Trinajstić information content (AvgIpc) is 2.70. The molecule has 1 aliphatic rings. The van der Waals surface area contributed by atoms with Crippen LogP contribution in [-0.2, 0) is 10.8 Å². The number of thiazole rings is 1. The fourth-order valence-corrected chi connectivity index (χ4v) is 3.00. The van der Waals surface area contributed by atoms with Gasteiger partial charge in [0.25, 0.3) is 0 Å². The Labute approximate surface area is 88.4 Å². The Morgan fingerprint density at radius 3 is 3.07 bits per heavy atom. The zero-order chi connectivity index (χ0) is 10.1. The quantitative estimate of drug-likeness (QED) is 0.776. The molecule has 0 aliphatic carbocycles. The van der Waals surface area contributed by atoms with E-state index in [1.165, 1.54) is 11.3 Å². The molecule has 1 aromatic rings. The number of rotatable bonds is 2. The summed E-state index contributed by atoms with van der Waals surface area (Å²) in [7, 11) is -0.981. The molecule has 2 heterocycles. The van der Waals surface area contributed by atoms with Crippen molar-refractivity contribution in [3.63, 3.8) is 0 Å². The summed E-state index contributed by atoms with van der Waals surface area (Å²) in [6, 6.07) is 0. The Balaban J connectivity index is 2.13. The monoisotopic (exact) mass is 234 g/mol. The van der Waals surface area contributed by atoms with Crippen molar-refractivity contribution in [1.82, 2.24) is 4.98 Å². The van der Waals surface area contributed by atoms with Gasteiger partial charge in [-0.3, -0.25) is 4.21 Å². The van der Waals surface area contributed by atoms with Gasteiger partial charge in [0.15, 0.2) is 5.13 Å². The van der Waals surface area contributed by atoms with E-state index in [-0.39, 0.29) is 0 Å². The van der Waals surface area contributed by atoms with Crippen molar-refractivity contribution in [2.75, 3.05) is 24.2 Å². The molecule has 0 amide bonds. The third kappa shape index (κ3) is 1.95. The summed E-state index contributed by atoms with van der Waals surface area (Å²) in [6.07, 6.45) is 3.07. The van der Waals surface area contributed by atoms with Crippen molar-refractivity contribution < 1.29 is 8.60 Å². The Morgan fingerprint density at radius 2 is 2.57 bits per heavy atom. The van der Waals surface area contributed by atoms with Crippen molar-refractivity contribution in [3.8, 4) is 0 Å². The summed E-state index contributed by atoms with van der Waals surface area (Å²) in [5, 5.41) is 0.787. The van der Waals surface area contributed by atoms with E-state index < -0.39 is 17.0 Å². The number of hydrogen-bond acceptors (Lipinski definition) is 4.